The first-order valence-corrected chi connectivity index (χ1v) is 7.26. The highest BCUT2D eigenvalue weighted by Gasteiger charge is 2.33. The number of benzene rings is 1. The summed E-state index contributed by atoms with van der Waals surface area (Å²) in [6, 6.07) is 5.10. The Morgan fingerprint density at radius 3 is 2.35 bits per heavy atom. The van der Waals surface area contributed by atoms with Gasteiger partial charge < -0.3 is 4.90 Å². The topological polar surface area (TPSA) is 29.0 Å². The third-order valence-corrected chi connectivity index (χ3v) is 3.84. The Bertz CT molecular complexity index is 693. The van der Waals surface area contributed by atoms with Gasteiger partial charge >= 0.3 is 6.18 Å². The third-order valence-electron chi connectivity index (χ3n) is 3.84. The average Bonchev–Trinajstić information content (AvgIpc) is 3.32. The summed E-state index contributed by atoms with van der Waals surface area (Å²) in [5.41, 5.74) is 0.247. The molecule has 3 rings (SSSR count). The highest BCUT2D eigenvalue weighted by molar-refractivity contribution is 5.44. The molecular weight excluding hydrogens is 310 g/mol. The minimum Gasteiger partial charge on any atom is -0.347 e. The highest BCUT2D eigenvalue weighted by Crippen LogP contribution is 2.34. The highest BCUT2D eigenvalue weighted by atomic mass is 19.4. The summed E-state index contributed by atoms with van der Waals surface area (Å²) < 4.78 is 52.1. The van der Waals surface area contributed by atoms with Crippen molar-refractivity contribution in [1.82, 2.24) is 9.97 Å². The Morgan fingerprint density at radius 1 is 1.13 bits per heavy atom. The number of aryl methyl sites for hydroxylation is 1. The summed E-state index contributed by atoms with van der Waals surface area (Å²) in [7, 11) is 0. The molecule has 0 aliphatic heterocycles. The molecule has 1 aromatic carbocycles. The maximum atomic E-state index is 14.2. The molecule has 0 bridgehead atoms. The zero-order valence-electron chi connectivity index (χ0n) is 12.4. The van der Waals surface area contributed by atoms with Gasteiger partial charge in [-0.25, -0.2) is 14.4 Å². The molecule has 3 nitrogen and oxygen atoms in total. The zero-order valence-corrected chi connectivity index (χ0v) is 12.4. The quantitative estimate of drug-likeness (QED) is 0.792. The van der Waals surface area contributed by atoms with Gasteiger partial charge in [0.05, 0.1) is 11.3 Å². The van der Waals surface area contributed by atoms with Crippen molar-refractivity contribution in [1.29, 1.82) is 0 Å². The Hall–Kier alpha value is -2.18. The van der Waals surface area contributed by atoms with Crippen LogP contribution in [-0.4, -0.2) is 16.0 Å². The first kappa shape index (κ1) is 15.7. The van der Waals surface area contributed by atoms with Gasteiger partial charge in [0.25, 0.3) is 0 Å². The fourth-order valence-electron chi connectivity index (χ4n) is 2.40. The largest absolute Gasteiger partial charge is 0.416 e. The molecule has 1 fully saturated rings. The second-order valence-corrected chi connectivity index (χ2v) is 5.65. The van der Waals surface area contributed by atoms with Crippen molar-refractivity contribution >= 4 is 5.82 Å². The van der Waals surface area contributed by atoms with Crippen molar-refractivity contribution in [2.75, 3.05) is 4.90 Å². The molecule has 0 N–H and O–H groups in total. The number of halogens is 4. The Morgan fingerprint density at radius 2 is 1.78 bits per heavy atom. The average molecular weight is 325 g/mol. The predicted molar refractivity (Wildman–Crippen MR) is 77.4 cm³/mol. The number of alkyl halides is 3. The lowest BCUT2D eigenvalue weighted by Crippen LogP contribution is -2.27. The molecule has 0 spiro atoms. The van der Waals surface area contributed by atoms with Crippen LogP contribution in [0.2, 0.25) is 0 Å². The Kier molecular flexibility index (Phi) is 3.95. The van der Waals surface area contributed by atoms with Crippen LogP contribution in [0, 0.1) is 12.7 Å². The lowest BCUT2D eigenvalue weighted by Gasteiger charge is -2.24. The van der Waals surface area contributed by atoms with E-state index >= 15 is 0 Å². The van der Waals surface area contributed by atoms with Gasteiger partial charge in [-0.1, -0.05) is 12.1 Å². The molecule has 0 amide bonds. The van der Waals surface area contributed by atoms with Crippen LogP contribution in [0.5, 0.6) is 0 Å². The minimum atomic E-state index is -4.36. The van der Waals surface area contributed by atoms with E-state index in [-0.39, 0.29) is 17.6 Å². The van der Waals surface area contributed by atoms with Crippen molar-refractivity contribution in [2.45, 2.75) is 38.5 Å². The maximum absolute atomic E-state index is 14.2. The van der Waals surface area contributed by atoms with Crippen molar-refractivity contribution in [3.05, 3.63) is 53.2 Å². The number of hydrogen-bond donors (Lipinski definition) is 0. The van der Waals surface area contributed by atoms with E-state index in [2.05, 4.69) is 9.97 Å². The number of rotatable bonds is 4. The Balaban J connectivity index is 1.85. The molecule has 0 unspecified atom stereocenters. The van der Waals surface area contributed by atoms with Gasteiger partial charge in [0.15, 0.2) is 11.6 Å². The molecule has 122 valence electrons. The van der Waals surface area contributed by atoms with E-state index < -0.39 is 17.6 Å². The van der Waals surface area contributed by atoms with E-state index in [0.29, 0.717) is 12.1 Å². The molecule has 23 heavy (non-hydrogen) atoms. The SMILES string of the molecule is Cc1ncnc(N(Cc2ccc(C(F)(F)F)cc2)C2CC2)c1F. The first-order valence-electron chi connectivity index (χ1n) is 7.26. The van der Waals surface area contributed by atoms with Crippen molar-refractivity contribution < 1.29 is 17.6 Å². The van der Waals surface area contributed by atoms with E-state index in [0.717, 1.165) is 25.0 Å². The van der Waals surface area contributed by atoms with Gasteiger partial charge in [-0.15, -0.1) is 0 Å². The number of anilines is 1. The van der Waals surface area contributed by atoms with Crippen molar-refractivity contribution in [3.63, 3.8) is 0 Å². The van der Waals surface area contributed by atoms with E-state index in [1.165, 1.54) is 18.5 Å². The molecule has 1 aromatic heterocycles. The van der Waals surface area contributed by atoms with Crippen LogP contribution in [0.4, 0.5) is 23.4 Å². The molecule has 0 saturated heterocycles. The number of hydrogen-bond acceptors (Lipinski definition) is 3. The zero-order chi connectivity index (χ0) is 16.6. The van der Waals surface area contributed by atoms with Gasteiger partial charge in [0.1, 0.15) is 6.33 Å². The van der Waals surface area contributed by atoms with Crippen LogP contribution in [0.3, 0.4) is 0 Å². The molecule has 0 radical (unpaired) electrons. The fraction of sp³-hybridized carbons (Fsp3) is 0.375. The third kappa shape index (κ3) is 3.43. The molecule has 1 aliphatic carbocycles. The summed E-state index contributed by atoms with van der Waals surface area (Å²) in [6.45, 7) is 1.87. The molecule has 2 aromatic rings. The van der Waals surface area contributed by atoms with Crippen LogP contribution in [0.1, 0.15) is 29.7 Å². The first-order chi connectivity index (χ1) is 10.9. The Labute approximate surface area is 131 Å². The van der Waals surface area contributed by atoms with Crippen LogP contribution in [0.25, 0.3) is 0 Å². The number of aromatic nitrogens is 2. The maximum Gasteiger partial charge on any atom is 0.416 e. The van der Waals surface area contributed by atoms with E-state index in [1.807, 2.05) is 0 Å². The standard InChI is InChI=1S/C16H15F4N3/c1-10-14(17)15(22-9-21-10)23(13-6-7-13)8-11-2-4-12(5-3-11)16(18,19)20/h2-5,9,13H,6-8H2,1H3. The van der Waals surface area contributed by atoms with Crippen LogP contribution in [0.15, 0.2) is 30.6 Å². The molecule has 1 aliphatic rings. The second kappa shape index (κ2) is 5.79. The van der Waals surface area contributed by atoms with Crippen LogP contribution < -0.4 is 4.90 Å². The second-order valence-electron chi connectivity index (χ2n) is 5.65. The smallest absolute Gasteiger partial charge is 0.347 e. The van der Waals surface area contributed by atoms with Gasteiger partial charge in [0.2, 0.25) is 0 Å². The molecule has 1 heterocycles. The lowest BCUT2D eigenvalue weighted by molar-refractivity contribution is -0.137. The summed E-state index contributed by atoms with van der Waals surface area (Å²) >= 11 is 0. The van der Waals surface area contributed by atoms with Gasteiger partial charge in [-0.3, -0.25) is 0 Å². The molecule has 7 heteroatoms. The van der Waals surface area contributed by atoms with Crippen molar-refractivity contribution in [3.8, 4) is 0 Å². The van der Waals surface area contributed by atoms with Crippen molar-refractivity contribution in [2.24, 2.45) is 0 Å². The summed E-state index contributed by atoms with van der Waals surface area (Å²) in [6.07, 6.45) is -1.22. The van der Waals surface area contributed by atoms with Gasteiger partial charge in [0, 0.05) is 12.6 Å². The van der Waals surface area contributed by atoms with E-state index in [4.69, 9.17) is 0 Å². The fourth-order valence-corrected chi connectivity index (χ4v) is 2.40. The monoisotopic (exact) mass is 325 g/mol. The summed E-state index contributed by atoms with van der Waals surface area (Å²) in [5, 5.41) is 0. The normalized spacial score (nSPS) is 14.8. The summed E-state index contributed by atoms with van der Waals surface area (Å²) in [4.78, 5) is 9.62. The van der Waals surface area contributed by atoms with Gasteiger partial charge in [-0.2, -0.15) is 13.2 Å². The van der Waals surface area contributed by atoms with E-state index in [1.54, 1.807) is 11.8 Å². The lowest BCUT2D eigenvalue weighted by atomic mass is 10.1. The molecular formula is C16H15F4N3. The van der Waals surface area contributed by atoms with E-state index in [9.17, 15) is 17.6 Å². The van der Waals surface area contributed by atoms with Gasteiger partial charge in [-0.05, 0) is 37.5 Å². The summed E-state index contributed by atoms with van der Waals surface area (Å²) in [5.74, 6) is -0.272. The minimum absolute atomic E-state index is 0.168. The number of nitrogens with zero attached hydrogens (tertiary/aromatic N) is 3. The molecule has 0 atom stereocenters. The van der Waals surface area contributed by atoms with Crippen LogP contribution in [-0.2, 0) is 12.7 Å². The molecule has 1 saturated carbocycles. The predicted octanol–water partition coefficient (Wildman–Crippen LogP) is 4.11. The van der Waals surface area contributed by atoms with Crippen LogP contribution >= 0.6 is 0 Å².